The topological polar surface area (TPSA) is 81.6 Å². The average molecular weight is 293 g/mol. The zero-order valence-electron chi connectivity index (χ0n) is 10.6. The third kappa shape index (κ3) is 3.55. The third-order valence-electron chi connectivity index (χ3n) is 2.59. The van der Waals surface area contributed by atoms with Gasteiger partial charge in [0.2, 0.25) is 0 Å². The Bertz CT molecular complexity index is 639. The van der Waals surface area contributed by atoms with Gasteiger partial charge in [-0.25, -0.2) is 4.79 Å². The maximum atomic E-state index is 11.8. The van der Waals surface area contributed by atoms with Crippen LogP contribution in [0.2, 0.25) is 5.02 Å². The molecule has 5 nitrogen and oxygen atoms in total. The van der Waals surface area contributed by atoms with E-state index in [1.165, 1.54) is 18.2 Å². The third-order valence-corrected chi connectivity index (χ3v) is 3.00. The Hall–Kier alpha value is -2.40. The highest BCUT2D eigenvalue weighted by molar-refractivity contribution is 6.31. The summed E-state index contributed by atoms with van der Waals surface area (Å²) in [5.41, 5.74) is 1.73. The fourth-order valence-electron chi connectivity index (χ4n) is 1.63. The van der Waals surface area contributed by atoms with E-state index < -0.39 is 6.03 Å². The first kappa shape index (κ1) is 14.0. The number of nitrogens with one attached hydrogen (secondary N) is 2. The summed E-state index contributed by atoms with van der Waals surface area (Å²) in [6.45, 7) is 1.86. The van der Waals surface area contributed by atoms with E-state index in [4.69, 9.17) is 11.6 Å². The Kier molecular flexibility index (Phi) is 4.00. The Labute approximate surface area is 120 Å². The molecule has 0 heterocycles. The molecular weight excluding hydrogens is 280 g/mol. The monoisotopic (exact) mass is 292 g/mol. The molecule has 2 rings (SSSR count). The summed E-state index contributed by atoms with van der Waals surface area (Å²) >= 11 is 5.96. The van der Waals surface area contributed by atoms with Gasteiger partial charge < -0.3 is 20.8 Å². The fraction of sp³-hybridized carbons (Fsp3) is 0.0714. The maximum Gasteiger partial charge on any atom is 0.323 e. The van der Waals surface area contributed by atoms with E-state index >= 15 is 0 Å². The van der Waals surface area contributed by atoms with Crippen LogP contribution in [0.1, 0.15) is 5.56 Å². The molecule has 0 bridgehead atoms. The molecule has 0 saturated carbocycles. The summed E-state index contributed by atoms with van der Waals surface area (Å²) in [6.07, 6.45) is 0. The smallest absolute Gasteiger partial charge is 0.323 e. The largest absolute Gasteiger partial charge is 0.508 e. The van der Waals surface area contributed by atoms with Crippen molar-refractivity contribution in [3.05, 3.63) is 47.0 Å². The summed E-state index contributed by atoms with van der Waals surface area (Å²) in [6, 6.07) is 8.45. The van der Waals surface area contributed by atoms with Crippen molar-refractivity contribution in [2.45, 2.75) is 6.92 Å². The Balaban J connectivity index is 2.06. The summed E-state index contributed by atoms with van der Waals surface area (Å²) in [7, 11) is 0. The summed E-state index contributed by atoms with van der Waals surface area (Å²) in [4.78, 5) is 11.8. The first-order valence-electron chi connectivity index (χ1n) is 5.81. The molecule has 0 atom stereocenters. The highest BCUT2D eigenvalue weighted by Gasteiger charge is 2.06. The number of rotatable bonds is 2. The predicted octanol–water partition coefficient (Wildman–Crippen LogP) is 3.70. The molecule has 4 N–H and O–H groups in total. The second kappa shape index (κ2) is 5.71. The van der Waals surface area contributed by atoms with Crippen molar-refractivity contribution in [2.24, 2.45) is 0 Å². The van der Waals surface area contributed by atoms with Gasteiger partial charge in [0, 0.05) is 34.6 Å². The molecule has 2 aromatic carbocycles. The second-order valence-corrected chi connectivity index (χ2v) is 4.69. The van der Waals surface area contributed by atoms with Crippen LogP contribution in [0.15, 0.2) is 36.4 Å². The predicted molar refractivity (Wildman–Crippen MR) is 78.6 cm³/mol. The number of aromatic hydroxyl groups is 2. The lowest BCUT2D eigenvalue weighted by molar-refractivity contribution is 0.262. The number of phenolic OH excluding ortho intramolecular Hbond substituents is 2. The molecule has 6 heteroatoms. The van der Waals surface area contributed by atoms with E-state index in [1.807, 2.05) is 6.92 Å². The van der Waals surface area contributed by atoms with Crippen molar-refractivity contribution in [3.63, 3.8) is 0 Å². The summed E-state index contributed by atoms with van der Waals surface area (Å²) in [5, 5.41) is 24.3. The molecule has 0 fully saturated rings. The number of amides is 2. The lowest BCUT2D eigenvalue weighted by Gasteiger charge is -2.09. The van der Waals surface area contributed by atoms with Crippen molar-refractivity contribution < 1.29 is 15.0 Å². The number of anilines is 2. The van der Waals surface area contributed by atoms with Gasteiger partial charge in [-0.15, -0.1) is 0 Å². The van der Waals surface area contributed by atoms with Crippen molar-refractivity contribution in [1.29, 1.82) is 0 Å². The lowest BCUT2D eigenvalue weighted by atomic mass is 10.2. The molecule has 0 aliphatic heterocycles. The van der Waals surface area contributed by atoms with E-state index in [1.54, 1.807) is 18.2 Å². The van der Waals surface area contributed by atoms with Crippen LogP contribution in [-0.2, 0) is 0 Å². The number of aryl methyl sites for hydroxylation is 1. The SMILES string of the molecule is Cc1ccc(NC(=O)Nc2cc(O)cc(O)c2)cc1Cl. The van der Waals surface area contributed by atoms with Crippen LogP contribution in [0.3, 0.4) is 0 Å². The van der Waals surface area contributed by atoms with Crippen LogP contribution in [0.4, 0.5) is 16.2 Å². The number of carbonyl (C=O) groups is 1. The van der Waals surface area contributed by atoms with Gasteiger partial charge >= 0.3 is 6.03 Å². The van der Waals surface area contributed by atoms with E-state index in [-0.39, 0.29) is 17.2 Å². The maximum absolute atomic E-state index is 11.8. The zero-order valence-corrected chi connectivity index (χ0v) is 11.4. The fourth-order valence-corrected chi connectivity index (χ4v) is 1.81. The van der Waals surface area contributed by atoms with Gasteiger partial charge in [0.25, 0.3) is 0 Å². The highest BCUT2D eigenvalue weighted by atomic mass is 35.5. The van der Waals surface area contributed by atoms with Crippen LogP contribution in [-0.4, -0.2) is 16.2 Å². The molecule has 20 heavy (non-hydrogen) atoms. The van der Waals surface area contributed by atoms with E-state index in [2.05, 4.69) is 10.6 Å². The van der Waals surface area contributed by atoms with Gasteiger partial charge in [-0.2, -0.15) is 0 Å². The van der Waals surface area contributed by atoms with Crippen LogP contribution >= 0.6 is 11.6 Å². The molecule has 0 spiro atoms. The van der Waals surface area contributed by atoms with Crippen molar-refractivity contribution >= 4 is 29.0 Å². The Morgan fingerprint density at radius 1 is 1.00 bits per heavy atom. The Morgan fingerprint density at radius 3 is 2.20 bits per heavy atom. The first-order valence-corrected chi connectivity index (χ1v) is 6.19. The van der Waals surface area contributed by atoms with Gasteiger partial charge in [-0.3, -0.25) is 0 Å². The highest BCUT2D eigenvalue weighted by Crippen LogP contribution is 2.24. The minimum absolute atomic E-state index is 0.140. The van der Waals surface area contributed by atoms with Gasteiger partial charge in [-0.05, 0) is 24.6 Å². The molecule has 0 aliphatic carbocycles. The number of hydrogen-bond acceptors (Lipinski definition) is 3. The van der Waals surface area contributed by atoms with Gasteiger partial charge in [0.1, 0.15) is 11.5 Å². The number of phenols is 2. The molecule has 0 unspecified atom stereocenters. The summed E-state index contributed by atoms with van der Waals surface area (Å²) < 4.78 is 0. The lowest BCUT2D eigenvalue weighted by Crippen LogP contribution is -2.19. The molecule has 0 aliphatic rings. The molecule has 2 aromatic rings. The number of urea groups is 1. The molecule has 0 saturated heterocycles. The van der Waals surface area contributed by atoms with Crippen molar-refractivity contribution in [3.8, 4) is 11.5 Å². The van der Waals surface area contributed by atoms with Crippen LogP contribution in [0.5, 0.6) is 11.5 Å². The number of carbonyl (C=O) groups excluding carboxylic acids is 1. The van der Waals surface area contributed by atoms with Crippen molar-refractivity contribution in [1.82, 2.24) is 0 Å². The van der Waals surface area contributed by atoms with Crippen LogP contribution < -0.4 is 10.6 Å². The van der Waals surface area contributed by atoms with E-state index in [9.17, 15) is 15.0 Å². The molecule has 0 radical (unpaired) electrons. The molecule has 0 aromatic heterocycles. The molecule has 104 valence electrons. The first-order chi connectivity index (χ1) is 9.44. The minimum atomic E-state index is -0.505. The number of halogens is 1. The Morgan fingerprint density at radius 2 is 1.60 bits per heavy atom. The van der Waals surface area contributed by atoms with Crippen LogP contribution in [0, 0.1) is 6.92 Å². The van der Waals surface area contributed by atoms with E-state index in [0.717, 1.165) is 5.56 Å². The van der Waals surface area contributed by atoms with Crippen molar-refractivity contribution in [2.75, 3.05) is 10.6 Å². The molecule has 2 amide bonds. The normalized spacial score (nSPS) is 10.1. The van der Waals surface area contributed by atoms with Gasteiger partial charge in [0.15, 0.2) is 0 Å². The van der Waals surface area contributed by atoms with Crippen LogP contribution in [0.25, 0.3) is 0 Å². The number of hydrogen-bond donors (Lipinski definition) is 4. The minimum Gasteiger partial charge on any atom is -0.508 e. The van der Waals surface area contributed by atoms with Gasteiger partial charge in [-0.1, -0.05) is 17.7 Å². The summed E-state index contributed by atoms with van der Waals surface area (Å²) in [5.74, 6) is -0.280. The zero-order chi connectivity index (χ0) is 14.7. The quantitative estimate of drug-likeness (QED) is 0.681. The van der Waals surface area contributed by atoms with E-state index in [0.29, 0.717) is 10.7 Å². The second-order valence-electron chi connectivity index (χ2n) is 4.28. The van der Waals surface area contributed by atoms with Gasteiger partial charge in [0.05, 0.1) is 0 Å². The molecular formula is C14H13ClN2O3. The number of benzene rings is 2. The average Bonchev–Trinajstić information content (AvgIpc) is 2.32. The standard InChI is InChI=1S/C14H13ClN2O3/c1-8-2-3-9(6-13(8)15)16-14(20)17-10-4-11(18)7-12(19)5-10/h2-7,18-19H,1H3,(H2,16,17,20).